The molecule has 1 aromatic rings. The monoisotopic (exact) mass is 178 g/mol. The summed E-state index contributed by atoms with van der Waals surface area (Å²) in [7, 11) is 0. The van der Waals surface area contributed by atoms with Gasteiger partial charge in [0.15, 0.2) is 0 Å². The maximum Gasteiger partial charge on any atom is 0.0300 e. The Morgan fingerprint density at radius 1 is 1.31 bits per heavy atom. The van der Waals surface area contributed by atoms with E-state index in [1.807, 2.05) is 26.2 Å². The van der Waals surface area contributed by atoms with Crippen molar-refractivity contribution in [3.8, 4) is 0 Å². The highest BCUT2D eigenvalue weighted by Crippen LogP contribution is 2.10. The number of rotatable bonds is 3. The van der Waals surface area contributed by atoms with E-state index in [4.69, 9.17) is 5.73 Å². The Labute approximate surface area is 80.2 Å². The lowest BCUT2D eigenvalue weighted by Crippen LogP contribution is -2.34. The van der Waals surface area contributed by atoms with Gasteiger partial charge in [0.2, 0.25) is 0 Å². The molecule has 0 saturated heterocycles. The number of pyridine rings is 1. The average molecular weight is 178 g/mol. The SMILES string of the molecule is CCc1cncc(CC(C)(C)N)c1. The smallest absolute Gasteiger partial charge is 0.0300 e. The van der Waals surface area contributed by atoms with Crippen LogP contribution < -0.4 is 5.73 Å². The van der Waals surface area contributed by atoms with Crippen LogP contribution in [0, 0.1) is 0 Å². The summed E-state index contributed by atoms with van der Waals surface area (Å²) in [5.41, 5.74) is 8.29. The van der Waals surface area contributed by atoms with Gasteiger partial charge in [0.1, 0.15) is 0 Å². The number of aromatic nitrogens is 1. The first-order chi connectivity index (χ1) is 6.01. The normalized spacial score (nSPS) is 11.7. The van der Waals surface area contributed by atoms with Gasteiger partial charge in [-0.25, -0.2) is 0 Å². The molecule has 0 atom stereocenters. The molecule has 0 unspecified atom stereocenters. The lowest BCUT2D eigenvalue weighted by atomic mass is 9.96. The van der Waals surface area contributed by atoms with Crippen LogP contribution in [0.1, 0.15) is 31.9 Å². The van der Waals surface area contributed by atoms with E-state index in [1.165, 1.54) is 11.1 Å². The predicted molar refractivity (Wildman–Crippen MR) is 55.6 cm³/mol. The largest absolute Gasteiger partial charge is 0.325 e. The topological polar surface area (TPSA) is 38.9 Å². The third-order valence-electron chi connectivity index (χ3n) is 1.92. The zero-order chi connectivity index (χ0) is 9.90. The fourth-order valence-electron chi connectivity index (χ4n) is 1.36. The van der Waals surface area contributed by atoms with Gasteiger partial charge in [-0.15, -0.1) is 0 Å². The highest BCUT2D eigenvalue weighted by atomic mass is 14.7. The first kappa shape index (κ1) is 10.2. The van der Waals surface area contributed by atoms with Gasteiger partial charge in [0.25, 0.3) is 0 Å². The fraction of sp³-hybridized carbons (Fsp3) is 0.545. The number of nitrogens with two attached hydrogens (primary N) is 1. The molecule has 0 fully saturated rings. The van der Waals surface area contributed by atoms with Crippen molar-refractivity contribution in [1.29, 1.82) is 0 Å². The van der Waals surface area contributed by atoms with Crippen LogP contribution in [0.3, 0.4) is 0 Å². The molecule has 2 heteroatoms. The summed E-state index contributed by atoms with van der Waals surface area (Å²) < 4.78 is 0. The van der Waals surface area contributed by atoms with Crippen molar-refractivity contribution >= 4 is 0 Å². The summed E-state index contributed by atoms with van der Waals surface area (Å²) in [4.78, 5) is 4.18. The van der Waals surface area contributed by atoms with Gasteiger partial charge < -0.3 is 5.73 Å². The summed E-state index contributed by atoms with van der Waals surface area (Å²) >= 11 is 0. The maximum absolute atomic E-state index is 5.93. The van der Waals surface area contributed by atoms with Crippen molar-refractivity contribution < 1.29 is 0 Å². The van der Waals surface area contributed by atoms with Gasteiger partial charge in [-0.2, -0.15) is 0 Å². The highest BCUT2D eigenvalue weighted by Gasteiger charge is 2.11. The Morgan fingerprint density at radius 3 is 2.46 bits per heavy atom. The van der Waals surface area contributed by atoms with E-state index in [-0.39, 0.29) is 5.54 Å². The molecule has 72 valence electrons. The quantitative estimate of drug-likeness (QED) is 0.768. The third kappa shape index (κ3) is 3.55. The van der Waals surface area contributed by atoms with Crippen LogP contribution in [0.5, 0.6) is 0 Å². The van der Waals surface area contributed by atoms with Crippen molar-refractivity contribution in [2.45, 2.75) is 39.2 Å². The van der Waals surface area contributed by atoms with E-state index in [9.17, 15) is 0 Å². The molecule has 0 radical (unpaired) electrons. The van der Waals surface area contributed by atoms with Crippen LogP contribution in [0.15, 0.2) is 18.5 Å². The maximum atomic E-state index is 5.93. The number of aryl methyl sites for hydroxylation is 1. The van der Waals surface area contributed by atoms with E-state index >= 15 is 0 Å². The highest BCUT2D eigenvalue weighted by molar-refractivity contribution is 5.19. The summed E-state index contributed by atoms with van der Waals surface area (Å²) in [6.07, 6.45) is 5.72. The predicted octanol–water partition coefficient (Wildman–Crippen LogP) is 1.92. The Balaban J connectivity index is 2.78. The van der Waals surface area contributed by atoms with Crippen LogP contribution in [-0.4, -0.2) is 10.5 Å². The van der Waals surface area contributed by atoms with Crippen LogP contribution in [-0.2, 0) is 12.8 Å². The lowest BCUT2D eigenvalue weighted by Gasteiger charge is -2.18. The number of hydrogen-bond acceptors (Lipinski definition) is 2. The van der Waals surface area contributed by atoms with Crippen LogP contribution in [0.4, 0.5) is 0 Å². The van der Waals surface area contributed by atoms with Gasteiger partial charge in [-0.1, -0.05) is 13.0 Å². The molecule has 0 saturated carbocycles. The zero-order valence-electron chi connectivity index (χ0n) is 8.67. The van der Waals surface area contributed by atoms with Gasteiger partial charge in [0, 0.05) is 17.9 Å². The van der Waals surface area contributed by atoms with E-state index < -0.39 is 0 Å². The van der Waals surface area contributed by atoms with Gasteiger partial charge >= 0.3 is 0 Å². The standard InChI is InChI=1S/C11H18N2/c1-4-9-5-10(8-13-7-9)6-11(2,3)12/h5,7-8H,4,6,12H2,1-3H3. The lowest BCUT2D eigenvalue weighted by molar-refractivity contribution is 0.515. The Bertz CT molecular complexity index is 274. The second-order valence-corrected chi connectivity index (χ2v) is 4.22. The molecule has 0 aliphatic rings. The molecule has 0 amide bonds. The van der Waals surface area contributed by atoms with Gasteiger partial charge in [-0.05, 0) is 37.8 Å². The Kier molecular flexibility index (Phi) is 3.04. The summed E-state index contributed by atoms with van der Waals surface area (Å²) in [6.45, 7) is 6.20. The second kappa shape index (κ2) is 3.88. The van der Waals surface area contributed by atoms with Crippen molar-refractivity contribution in [1.82, 2.24) is 4.98 Å². The van der Waals surface area contributed by atoms with Crippen LogP contribution in [0.25, 0.3) is 0 Å². The molecule has 0 bridgehead atoms. The van der Waals surface area contributed by atoms with Crippen molar-refractivity contribution in [2.75, 3.05) is 0 Å². The first-order valence-electron chi connectivity index (χ1n) is 4.73. The first-order valence-corrected chi connectivity index (χ1v) is 4.73. The molecular formula is C11H18N2. The summed E-state index contributed by atoms with van der Waals surface area (Å²) in [5.74, 6) is 0. The summed E-state index contributed by atoms with van der Waals surface area (Å²) in [6, 6.07) is 2.18. The fourth-order valence-corrected chi connectivity index (χ4v) is 1.36. The molecule has 2 nitrogen and oxygen atoms in total. The van der Waals surface area contributed by atoms with E-state index in [0.717, 1.165) is 12.8 Å². The molecule has 0 aliphatic carbocycles. The second-order valence-electron chi connectivity index (χ2n) is 4.22. The number of hydrogen-bond donors (Lipinski definition) is 1. The third-order valence-corrected chi connectivity index (χ3v) is 1.92. The average Bonchev–Trinajstić information content (AvgIpc) is 2.01. The molecule has 13 heavy (non-hydrogen) atoms. The Hall–Kier alpha value is -0.890. The van der Waals surface area contributed by atoms with Crippen LogP contribution >= 0.6 is 0 Å². The van der Waals surface area contributed by atoms with Crippen molar-refractivity contribution in [3.05, 3.63) is 29.6 Å². The number of nitrogens with zero attached hydrogens (tertiary/aromatic N) is 1. The van der Waals surface area contributed by atoms with Gasteiger partial charge in [-0.3, -0.25) is 4.98 Å². The Morgan fingerprint density at radius 2 is 1.92 bits per heavy atom. The van der Waals surface area contributed by atoms with E-state index in [2.05, 4.69) is 18.0 Å². The van der Waals surface area contributed by atoms with Crippen LogP contribution in [0.2, 0.25) is 0 Å². The molecule has 0 aliphatic heterocycles. The zero-order valence-corrected chi connectivity index (χ0v) is 8.67. The molecule has 2 N–H and O–H groups in total. The van der Waals surface area contributed by atoms with E-state index in [0.29, 0.717) is 0 Å². The van der Waals surface area contributed by atoms with Crippen molar-refractivity contribution in [3.63, 3.8) is 0 Å². The minimum Gasteiger partial charge on any atom is -0.325 e. The van der Waals surface area contributed by atoms with Gasteiger partial charge in [0.05, 0.1) is 0 Å². The molecular weight excluding hydrogens is 160 g/mol. The minimum absolute atomic E-state index is 0.145. The summed E-state index contributed by atoms with van der Waals surface area (Å²) in [5, 5.41) is 0. The molecule has 1 aromatic heterocycles. The molecule has 1 heterocycles. The molecule has 1 rings (SSSR count). The molecule has 0 aromatic carbocycles. The van der Waals surface area contributed by atoms with E-state index in [1.54, 1.807) is 0 Å². The minimum atomic E-state index is -0.145. The van der Waals surface area contributed by atoms with Crippen molar-refractivity contribution in [2.24, 2.45) is 5.73 Å². The molecule has 0 spiro atoms.